The summed E-state index contributed by atoms with van der Waals surface area (Å²) in [4.78, 5) is 48.1. The summed E-state index contributed by atoms with van der Waals surface area (Å²) in [6, 6.07) is 0. The highest BCUT2D eigenvalue weighted by atomic mass is 16.6. The van der Waals surface area contributed by atoms with Crippen LogP contribution in [-0.4, -0.2) is 41.0 Å². The third kappa shape index (κ3) is 3.35. The molecule has 1 fully saturated rings. The summed E-state index contributed by atoms with van der Waals surface area (Å²) in [5.41, 5.74) is 0. The van der Waals surface area contributed by atoms with Gasteiger partial charge in [-0.25, -0.2) is 4.90 Å². The molecule has 2 bridgehead atoms. The molecule has 0 aromatic carbocycles. The minimum atomic E-state index is -0.995. The van der Waals surface area contributed by atoms with Crippen molar-refractivity contribution in [3.63, 3.8) is 0 Å². The molecule has 0 radical (unpaired) electrons. The third-order valence-corrected chi connectivity index (χ3v) is 3.67. The number of hydrogen-bond donors (Lipinski definition) is 0. The monoisotopic (exact) mass is 309 g/mol. The zero-order valence-corrected chi connectivity index (χ0v) is 12.6. The highest BCUT2D eigenvalue weighted by molar-refractivity contribution is 6.02. The van der Waals surface area contributed by atoms with Crippen LogP contribution in [0.4, 0.5) is 0 Å². The SMILES string of the molecule is CC(=O)O[C@@H]1[C@@H]2C(=O)N1C(=O)CC/C=C/CCC(=O)O[C@@H]2C. The van der Waals surface area contributed by atoms with E-state index in [1.54, 1.807) is 13.0 Å². The quantitative estimate of drug-likeness (QED) is 0.310. The minimum absolute atomic E-state index is 0.149. The van der Waals surface area contributed by atoms with Crippen LogP contribution in [0.1, 0.15) is 39.5 Å². The fourth-order valence-corrected chi connectivity index (χ4v) is 2.58. The summed E-state index contributed by atoms with van der Waals surface area (Å²) in [6.07, 6.45) is 3.19. The van der Waals surface area contributed by atoms with E-state index < -0.39 is 42.0 Å². The van der Waals surface area contributed by atoms with Crippen LogP contribution in [0.2, 0.25) is 0 Å². The highest BCUT2D eigenvalue weighted by Gasteiger charge is 2.56. The number of imide groups is 1. The van der Waals surface area contributed by atoms with E-state index in [1.807, 2.05) is 6.08 Å². The number of amides is 2. The topological polar surface area (TPSA) is 90.0 Å². The minimum Gasteiger partial charge on any atom is -0.462 e. The fourth-order valence-electron chi connectivity index (χ4n) is 2.58. The maximum absolute atomic E-state index is 12.2. The molecule has 120 valence electrons. The van der Waals surface area contributed by atoms with Gasteiger partial charge in [0.1, 0.15) is 12.0 Å². The van der Waals surface area contributed by atoms with Gasteiger partial charge in [-0.15, -0.1) is 0 Å². The smallest absolute Gasteiger partial charge is 0.306 e. The second-order valence-corrected chi connectivity index (χ2v) is 5.37. The van der Waals surface area contributed by atoms with E-state index in [0.29, 0.717) is 12.8 Å². The molecule has 3 aliphatic rings. The molecule has 7 nitrogen and oxygen atoms in total. The number of fused-ring (bicyclic) bond motifs is 8. The Balaban J connectivity index is 2.22. The molecule has 1 saturated heterocycles. The number of carbonyl (C=O) groups is 4. The van der Waals surface area contributed by atoms with E-state index in [0.717, 1.165) is 4.90 Å². The summed E-state index contributed by atoms with van der Waals surface area (Å²) in [5.74, 6) is -2.71. The molecule has 3 heterocycles. The molecule has 0 unspecified atom stereocenters. The Morgan fingerprint density at radius 3 is 2.50 bits per heavy atom. The molecule has 22 heavy (non-hydrogen) atoms. The number of esters is 2. The van der Waals surface area contributed by atoms with Gasteiger partial charge in [0.2, 0.25) is 11.8 Å². The number of ether oxygens (including phenoxy) is 2. The number of hydrogen-bond acceptors (Lipinski definition) is 6. The number of carbonyl (C=O) groups excluding carboxylic acids is 4. The van der Waals surface area contributed by atoms with E-state index in [-0.39, 0.29) is 12.8 Å². The summed E-state index contributed by atoms with van der Waals surface area (Å²) >= 11 is 0. The lowest BCUT2D eigenvalue weighted by Crippen LogP contribution is -2.67. The summed E-state index contributed by atoms with van der Waals surface area (Å²) < 4.78 is 10.3. The first-order chi connectivity index (χ1) is 10.4. The molecule has 3 atom stereocenters. The molecule has 3 aliphatic heterocycles. The van der Waals surface area contributed by atoms with Gasteiger partial charge in [0, 0.05) is 19.8 Å². The van der Waals surface area contributed by atoms with Gasteiger partial charge in [0.15, 0.2) is 6.23 Å². The molecule has 2 amide bonds. The van der Waals surface area contributed by atoms with Crippen LogP contribution < -0.4 is 0 Å². The molecule has 0 aromatic heterocycles. The molecule has 0 saturated carbocycles. The first-order valence-electron chi connectivity index (χ1n) is 7.29. The van der Waals surface area contributed by atoms with E-state index in [9.17, 15) is 19.2 Å². The van der Waals surface area contributed by atoms with Crippen molar-refractivity contribution >= 4 is 23.8 Å². The number of nitrogens with zero attached hydrogens (tertiary/aromatic N) is 1. The van der Waals surface area contributed by atoms with Crippen LogP contribution in [0.25, 0.3) is 0 Å². The average molecular weight is 309 g/mol. The van der Waals surface area contributed by atoms with Crippen LogP contribution in [0, 0.1) is 5.92 Å². The van der Waals surface area contributed by atoms with Gasteiger partial charge < -0.3 is 9.47 Å². The van der Waals surface area contributed by atoms with Crippen molar-refractivity contribution in [1.82, 2.24) is 4.90 Å². The average Bonchev–Trinajstić information content (AvgIpc) is 2.42. The predicted octanol–water partition coefficient (Wildman–Crippen LogP) is 0.922. The standard InChI is InChI=1S/C15H19NO6/c1-9-13-14(20)16(15(13)22-10(2)17)11(18)7-5-3-4-6-8-12(19)21-9/h3-4,9,13,15H,5-8H2,1-2H3/b4-3+/t9-,13+,15-/m1/s1. The van der Waals surface area contributed by atoms with E-state index in [1.165, 1.54) is 6.92 Å². The molecular weight excluding hydrogens is 290 g/mol. The second kappa shape index (κ2) is 6.72. The van der Waals surface area contributed by atoms with E-state index in [4.69, 9.17) is 9.47 Å². The van der Waals surface area contributed by atoms with Crippen molar-refractivity contribution < 1.29 is 28.7 Å². The molecule has 0 N–H and O–H groups in total. The summed E-state index contributed by atoms with van der Waals surface area (Å²) in [5, 5.41) is 0. The van der Waals surface area contributed by atoms with Gasteiger partial charge in [-0.2, -0.15) is 0 Å². The largest absolute Gasteiger partial charge is 0.462 e. The first-order valence-corrected chi connectivity index (χ1v) is 7.29. The maximum Gasteiger partial charge on any atom is 0.306 e. The summed E-state index contributed by atoms with van der Waals surface area (Å²) in [6.45, 7) is 2.77. The molecule has 3 rings (SSSR count). The number of rotatable bonds is 1. The van der Waals surface area contributed by atoms with Gasteiger partial charge in [0.05, 0.1) is 0 Å². The molecule has 0 aliphatic carbocycles. The van der Waals surface area contributed by atoms with Gasteiger partial charge in [-0.1, -0.05) is 12.2 Å². The maximum atomic E-state index is 12.2. The van der Waals surface area contributed by atoms with Gasteiger partial charge in [-0.05, 0) is 19.8 Å². The van der Waals surface area contributed by atoms with Gasteiger partial charge >= 0.3 is 11.9 Å². The van der Waals surface area contributed by atoms with Crippen molar-refractivity contribution in [3.05, 3.63) is 12.2 Å². The highest BCUT2D eigenvalue weighted by Crippen LogP contribution is 2.33. The van der Waals surface area contributed by atoms with Crippen molar-refractivity contribution in [1.29, 1.82) is 0 Å². The van der Waals surface area contributed by atoms with Crippen molar-refractivity contribution in [2.75, 3.05) is 0 Å². The Hall–Kier alpha value is -2.18. The van der Waals surface area contributed by atoms with Crippen molar-refractivity contribution in [3.8, 4) is 0 Å². The zero-order chi connectivity index (χ0) is 16.3. The fraction of sp³-hybridized carbons (Fsp3) is 0.600. The second-order valence-electron chi connectivity index (χ2n) is 5.37. The Morgan fingerprint density at radius 2 is 1.86 bits per heavy atom. The molecule has 0 aromatic rings. The lowest BCUT2D eigenvalue weighted by atomic mass is 9.89. The molecular formula is C15H19NO6. The van der Waals surface area contributed by atoms with Crippen LogP contribution in [0.3, 0.4) is 0 Å². The van der Waals surface area contributed by atoms with Crippen molar-refractivity contribution in [2.24, 2.45) is 5.92 Å². The Bertz CT molecular complexity index is 526. The van der Waals surface area contributed by atoms with Crippen LogP contribution in [0.15, 0.2) is 12.2 Å². The Kier molecular flexibility index (Phi) is 4.95. The summed E-state index contributed by atoms with van der Waals surface area (Å²) in [7, 11) is 0. The molecule has 7 heteroatoms. The van der Waals surface area contributed by atoms with Gasteiger partial charge in [-0.3, -0.25) is 19.2 Å². The normalized spacial score (nSPS) is 31.1. The Morgan fingerprint density at radius 1 is 1.23 bits per heavy atom. The van der Waals surface area contributed by atoms with Gasteiger partial charge in [0.25, 0.3) is 0 Å². The lowest BCUT2D eigenvalue weighted by Gasteiger charge is -2.45. The van der Waals surface area contributed by atoms with Crippen LogP contribution >= 0.6 is 0 Å². The van der Waals surface area contributed by atoms with Crippen molar-refractivity contribution in [2.45, 2.75) is 51.9 Å². The lowest BCUT2D eigenvalue weighted by molar-refractivity contribution is -0.210. The number of allylic oxidation sites excluding steroid dienone is 2. The first kappa shape index (κ1) is 16.2. The number of β-lactam (4-membered cyclic amide) rings is 1. The molecule has 0 spiro atoms. The zero-order valence-electron chi connectivity index (χ0n) is 12.6. The predicted molar refractivity (Wildman–Crippen MR) is 74.1 cm³/mol. The Labute approximate surface area is 128 Å². The van der Waals surface area contributed by atoms with E-state index >= 15 is 0 Å². The van der Waals surface area contributed by atoms with Crippen LogP contribution in [0.5, 0.6) is 0 Å². The van der Waals surface area contributed by atoms with E-state index in [2.05, 4.69) is 0 Å². The third-order valence-electron chi connectivity index (χ3n) is 3.67. The van der Waals surface area contributed by atoms with Crippen LogP contribution in [-0.2, 0) is 28.7 Å².